The smallest absolute Gasteiger partial charge is 0.152 e. The van der Waals surface area contributed by atoms with Gasteiger partial charge in [0, 0.05) is 23.4 Å². The second-order valence-electron chi connectivity index (χ2n) is 4.52. The summed E-state index contributed by atoms with van der Waals surface area (Å²) in [4.78, 5) is 0.269. The average Bonchev–Trinajstić information content (AvgIpc) is 2.68. The minimum Gasteiger partial charge on any atom is -0.497 e. The Morgan fingerprint density at radius 2 is 2.26 bits per heavy atom. The van der Waals surface area contributed by atoms with E-state index in [-0.39, 0.29) is 22.5 Å². The lowest BCUT2D eigenvalue weighted by Gasteiger charge is -2.16. The number of benzene rings is 1. The highest BCUT2D eigenvalue weighted by Gasteiger charge is 2.28. The maximum Gasteiger partial charge on any atom is 0.152 e. The molecule has 0 saturated carbocycles. The van der Waals surface area contributed by atoms with Gasteiger partial charge in [-0.15, -0.1) is 0 Å². The van der Waals surface area contributed by atoms with Crippen LogP contribution in [0.5, 0.6) is 5.75 Å². The van der Waals surface area contributed by atoms with Gasteiger partial charge >= 0.3 is 0 Å². The second kappa shape index (κ2) is 5.34. The van der Waals surface area contributed by atoms with E-state index < -0.39 is 9.84 Å². The average molecular weight is 300 g/mol. The molecule has 1 aliphatic heterocycles. The lowest BCUT2D eigenvalue weighted by molar-refractivity contribution is 0.415. The van der Waals surface area contributed by atoms with Crippen molar-refractivity contribution in [2.75, 3.05) is 23.9 Å². The summed E-state index contributed by atoms with van der Waals surface area (Å²) in [6.07, 6.45) is 0.594. The van der Waals surface area contributed by atoms with E-state index in [4.69, 9.17) is 22.7 Å². The fourth-order valence-corrected chi connectivity index (χ4v) is 3.96. The number of nitrogens with one attached hydrogen (secondary N) is 1. The van der Waals surface area contributed by atoms with Crippen molar-refractivity contribution in [2.45, 2.75) is 12.5 Å². The number of rotatable bonds is 4. The summed E-state index contributed by atoms with van der Waals surface area (Å²) in [5.74, 6) is 1.03. The van der Waals surface area contributed by atoms with Gasteiger partial charge < -0.3 is 15.8 Å². The number of methoxy groups -OCH3 is 1. The van der Waals surface area contributed by atoms with E-state index in [0.29, 0.717) is 23.4 Å². The van der Waals surface area contributed by atoms with Crippen LogP contribution in [0, 0.1) is 0 Å². The summed E-state index contributed by atoms with van der Waals surface area (Å²) in [6, 6.07) is 5.21. The molecule has 7 heteroatoms. The molecule has 1 aromatic rings. The lowest BCUT2D eigenvalue weighted by atomic mass is 10.1. The standard InChI is InChI=1S/C12H16N2O3S2/c1-17-9-2-3-10(12(13)18)11(6-9)14-8-4-5-19(15,16)7-8/h2-3,6,8,14H,4-5,7H2,1H3,(H2,13,18). The van der Waals surface area contributed by atoms with Crippen molar-refractivity contribution in [1.82, 2.24) is 0 Å². The molecule has 3 N–H and O–H groups in total. The molecule has 5 nitrogen and oxygen atoms in total. The number of nitrogens with two attached hydrogens (primary N) is 1. The molecular weight excluding hydrogens is 284 g/mol. The van der Waals surface area contributed by atoms with Crippen molar-refractivity contribution < 1.29 is 13.2 Å². The van der Waals surface area contributed by atoms with Crippen LogP contribution in [0.25, 0.3) is 0 Å². The van der Waals surface area contributed by atoms with Crippen molar-refractivity contribution in [1.29, 1.82) is 0 Å². The third kappa shape index (κ3) is 3.36. The fourth-order valence-electron chi connectivity index (χ4n) is 2.11. The molecule has 2 rings (SSSR count). The van der Waals surface area contributed by atoms with Crippen molar-refractivity contribution in [2.24, 2.45) is 5.73 Å². The van der Waals surface area contributed by atoms with Crippen LogP contribution in [0.3, 0.4) is 0 Å². The summed E-state index contributed by atoms with van der Waals surface area (Å²) >= 11 is 4.99. The molecule has 1 aromatic carbocycles. The molecule has 0 aromatic heterocycles. The van der Waals surface area contributed by atoms with Gasteiger partial charge in [0.25, 0.3) is 0 Å². The minimum absolute atomic E-state index is 0.106. The van der Waals surface area contributed by atoms with Gasteiger partial charge in [-0.2, -0.15) is 0 Å². The first-order valence-corrected chi connectivity index (χ1v) is 8.09. The van der Waals surface area contributed by atoms with Gasteiger partial charge in [0.05, 0.1) is 18.6 Å². The molecule has 1 heterocycles. The molecule has 0 aliphatic carbocycles. The Bertz CT molecular complexity index is 599. The van der Waals surface area contributed by atoms with Crippen molar-refractivity contribution >= 4 is 32.7 Å². The van der Waals surface area contributed by atoms with Gasteiger partial charge in [0.1, 0.15) is 10.7 Å². The van der Waals surface area contributed by atoms with E-state index in [9.17, 15) is 8.42 Å². The van der Waals surface area contributed by atoms with Gasteiger partial charge in [-0.05, 0) is 18.6 Å². The Hall–Kier alpha value is -1.34. The molecule has 1 fully saturated rings. The van der Waals surface area contributed by atoms with Crippen LogP contribution in [0.2, 0.25) is 0 Å². The molecule has 104 valence electrons. The predicted molar refractivity (Wildman–Crippen MR) is 79.6 cm³/mol. The number of sulfone groups is 1. The zero-order valence-corrected chi connectivity index (χ0v) is 12.2. The van der Waals surface area contributed by atoms with E-state index in [1.165, 1.54) is 0 Å². The summed E-state index contributed by atoms with van der Waals surface area (Å²) < 4.78 is 28.1. The molecule has 1 atom stereocenters. The maximum absolute atomic E-state index is 11.5. The van der Waals surface area contributed by atoms with Gasteiger partial charge in [-0.25, -0.2) is 8.42 Å². The minimum atomic E-state index is -2.92. The molecule has 0 radical (unpaired) electrons. The molecule has 1 saturated heterocycles. The second-order valence-corrected chi connectivity index (χ2v) is 7.19. The first kappa shape index (κ1) is 14.1. The summed E-state index contributed by atoms with van der Waals surface area (Å²) in [6.45, 7) is 0. The predicted octanol–water partition coefficient (Wildman–Crippen LogP) is 0.928. The van der Waals surface area contributed by atoms with E-state index >= 15 is 0 Å². The first-order valence-electron chi connectivity index (χ1n) is 5.86. The zero-order valence-electron chi connectivity index (χ0n) is 10.5. The third-order valence-corrected chi connectivity index (χ3v) is 5.07. The monoisotopic (exact) mass is 300 g/mol. The molecule has 0 amide bonds. The van der Waals surface area contributed by atoms with Gasteiger partial charge in [-0.3, -0.25) is 0 Å². The SMILES string of the molecule is COc1ccc(C(N)=S)c(NC2CCS(=O)(=O)C2)c1. The normalized spacial score (nSPS) is 21.0. The van der Waals surface area contributed by atoms with Crippen molar-refractivity contribution in [3.05, 3.63) is 23.8 Å². The summed E-state index contributed by atoms with van der Waals surface area (Å²) in [5, 5.41) is 3.19. The van der Waals surface area contributed by atoms with Gasteiger partial charge in [-0.1, -0.05) is 12.2 Å². The number of hydrogen-bond acceptors (Lipinski definition) is 5. The Labute approximate surface area is 118 Å². The van der Waals surface area contributed by atoms with Crippen LogP contribution in [-0.2, 0) is 9.84 Å². The molecular formula is C12H16N2O3S2. The number of thiocarbonyl (C=S) groups is 1. The molecule has 1 aliphatic rings. The summed E-state index contributed by atoms with van der Waals surface area (Å²) in [7, 11) is -1.35. The van der Waals surface area contributed by atoms with Crippen LogP contribution < -0.4 is 15.8 Å². The lowest BCUT2D eigenvalue weighted by Crippen LogP contribution is -2.23. The Morgan fingerprint density at radius 3 is 2.79 bits per heavy atom. The number of ether oxygens (including phenoxy) is 1. The number of anilines is 1. The first-order chi connectivity index (χ1) is 8.91. The van der Waals surface area contributed by atoms with E-state index in [1.54, 1.807) is 25.3 Å². The van der Waals surface area contributed by atoms with E-state index in [2.05, 4.69) is 5.32 Å². The number of hydrogen-bond donors (Lipinski definition) is 2. The topological polar surface area (TPSA) is 81.4 Å². The Morgan fingerprint density at radius 1 is 1.53 bits per heavy atom. The Kier molecular flexibility index (Phi) is 3.96. The highest BCUT2D eigenvalue weighted by atomic mass is 32.2. The third-order valence-electron chi connectivity index (χ3n) is 3.08. The van der Waals surface area contributed by atoms with Gasteiger partial charge in [0.2, 0.25) is 0 Å². The quantitative estimate of drug-likeness (QED) is 0.805. The van der Waals surface area contributed by atoms with Crippen LogP contribution in [0.15, 0.2) is 18.2 Å². The van der Waals surface area contributed by atoms with Gasteiger partial charge in [0.15, 0.2) is 9.84 Å². The van der Waals surface area contributed by atoms with E-state index in [0.717, 1.165) is 0 Å². The largest absolute Gasteiger partial charge is 0.497 e. The Balaban J connectivity index is 2.25. The van der Waals surface area contributed by atoms with Crippen LogP contribution in [0.4, 0.5) is 5.69 Å². The van der Waals surface area contributed by atoms with Crippen LogP contribution >= 0.6 is 12.2 Å². The zero-order chi connectivity index (χ0) is 14.0. The van der Waals surface area contributed by atoms with Crippen molar-refractivity contribution in [3.63, 3.8) is 0 Å². The highest BCUT2D eigenvalue weighted by Crippen LogP contribution is 2.25. The maximum atomic E-state index is 11.5. The summed E-state index contributed by atoms with van der Waals surface area (Å²) in [5.41, 5.74) is 7.08. The fraction of sp³-hybridized carbons (Fsp3) is 0.417. The molecule has 0 spiro atoms. The highest BCUT2D eigenvalue weighted by molar-refractivity contribution is 7.91. The van der Waals surface area contributed by atoms with E-state index in [1.807, 2.05) is 0 Å². The van der Waals surface area contributed by atoms with Crippen LogP contribution in [0.1, 0.15) is 12.0 Å². The van der Waals surface area contributed by atoms with Crippen LogP contribution in [-0.4, -0.2) is 38.1 Å². The molecule has 1 unspecified atom stereocenters. The van der Waals surface area contributed by atoms with Crippen molar-refractivity contribution in [3.8, 4) is 5.75 Å². The molecule has 19 heavy (non-hydrogen) atoms. The molecule has 0 bridgehead atoms.